The third kappa shape index (κ3) is 3.14. The lowest BCUT2D eigenvalue weighted by molar-refractivity contribution is 0.171. The van der Waals surface area contributed by atoms with Gasteiger partial charge in [0, 0.05) is 13.6 Å². The summed E-state index contributed by atoms with van der Waals surface area (Å²) in [7, 11) is -2.26. The predicted molar refractivity (Wildman–Crippen MR) is 72.1 cm³/mol. The molecule has 0 fully saturated rings. The monoisotopic (exact) mass is 292 g/mol. The van der Waals surface area contributed by atoms with E-state index in [1.54, 1.807) is 6.92 Å². The van der Waals surface area contributed by atoms with E-state index in [1.807, 2.05) is 0 Å². The Labute approximate surface area is 112 Å². The van der Waals surface area contributed by atoms with Crippen LogP contribution in [0.1, 0.15) is 12.5 Å². The third-order valence-electron chi connectivity index (χ3n) is 2.49. The Hall–Kier alpha value is -0.820. The molecule has 0 saturated heterocycles. The summed E-state index contributed by atoms with van der Waals surface area (Å²) in [5.41, 5.74) is 6.48. The van der Waals surface area contributed by atoms with Crippen LogP contribution in [0, 0.1) is 6.92 Å². The maximum atomic E-state index is 12.2. The summed E-state index contributed by atoms with van der Waals surface area (Å²) in [6.07, 6.45) is -0.740. The molecule has 0 aliphatic carbocycles. The van der Waals surface area contributed by atoms with Crippen molar-refractivity contribution in [3.8, 4) is 0 Å². The second kappa shape index (κ2) is 5.44. The van der Waals surface area contributed by atoms with Gasteiger partial charge in [0.2, 0.25) is 10.0 Å². The van der Waals surface area contributed by atoms with Crippen molar-refractivity contribution < 1.29 is 13.5 Å². The molecule has 0 amide bonds. The van der Waals surface area contributed by atoms with Crippen LogP contribution in [0.15, 0.2) is 17.0 Å². The molecule has 0 aliphatic rings. The number of benzene rings is 1. The fourth-order valence-corrected chi connectivity index (χ4v) is 3.04. The van der Waals surface area contributed by atoms with Gasteiger partial charge in [0.1, 0.15) is 0 Å². The van der Waals surface area contributed by atoms with Crippen molar-refractivity contribution in [3.63, 3.8) is 0 Å². The van der Waals surface area contributed by atoms with Gasteiger partial charge in [-0.05, 0) is 31.5 Å². The first kappa shape index (κ1) is 15.2. The van der Waals surface area contributed by atoms with Crippen LogP contribution in [0.2, 0.25) is 5.02 Å². The van der Waals surface area contributed by atoms with E-state index in [0.717, 1.165) is 4.31 Å². The first-order valence-corrected chi connectivity index (χ1v) is 7.18. The van der Waals surface area contributed by atoms with Crippen molar-refractivity contribution in [2.45, 2.75) is 24.8 Å². The first-order valence-electron chi connectivity index (χ1n) is 5.36. The molecule has 7 heteroatoms. The molecule has 0 aliphatic heterocycles. The molecule has 1 unspecified atom stereocenters. The van der Waals surface area contributed by atoms with Crippen molar-refractivity contribution in [1.29, 1.82) is 0 Å². The molecule has 0 saturated carbocycles. The molecular formula is C11H17ClN2O3S. The van der Waals surface area contributed by atoms with Crippen LogP contribution in [-0.4, -0.2) is 37.5 Å². The maximum Gasteiger partial charge on any atom is 0.242 e. The van der Waals surface area contributed by atoms with Crippen LogP contribution in [0.25, 0.3) is 0 Å². The van der Waals surface area contributed by atoms with E-state index in [-0.39, 0.29) is 17.1 Å². The standard InChI is InChI=1S/C11H17ClN2O3S/c1-7-4-9(5-10(13)11(7)12)18(16,17)14(3)6-8(2)15/h4-5,8,15H,6,13H2,1-3H3. The number of nitrogens with zero attached hydrogens (tertiary/aromatic N) is 1. The number of hydrogen-bond acceptors (Lipinski definition) is 4. The predicted octanol–water partition coefficient (Wildman–Crippen LogP) is 1.23. The zero-order valence-electron chi connectivity index (χ0n) is 10.5. The minimum atomic E-state index is -3.66. The highest BCUT2D eigenvalue weighted by molar-refractivity contribution is 7.89. The number of aliphatic hydroxyl groups excluding tert-OH is 1. The number of aryl methyl sites for hydroxylation is 1. The van der Waals surface area contributed by atoms with E-state index in [9.17, 15) is 13.5 Å². The quantitative estimate of drug-likeness (QED) is 0.818. The topological polar surface area (TPSA) is 83.6 Å². The fraction of sp³-hybridized carbons (Fsp3) is 0.455. The highest BCUT2D eigenvalue weighted by Crippen LogP contribution is 2.28. The molecule has 0 aromatic heterocycles. The Bertz CT molecular complexity index is 520. The van der Waals surface area contributed by atoms with Gasteiger partial charge in [-0.15, -0.1) is 0 Å². The van der Waals surface area contributed by atoms with Crippen molar-refractivity contribution in [2.75, 3.05) is 19.3 Å². The summed E-state index contributed by atoms with van der Waals surface area (Å²) in [6.45, 7) is 3.23. The van der Waals surface area contributed by atoms with Gasteiger partial charge in [-0.3, -0.25) is 0 Å². The Morgan fingerprint density at radius 3 is 2.50 bits per heavy atom. The zero-order valence-corrected chi connectivity index (χ0v) is 12.1. The number of anilines is 1. The molecule has 18 heavy (non-hydrogen) atoms. The minimum absolute atomic E-state index is 0.0178. The second-order valence-electron chi connectivity index (χ2n) is 4.28. The van der Waals surface area contributed by atoms with Crippen LogP contribution >= 0.6 is 11.6 Å². The maximum absolute atomic E-state index is 12.2. The van der Waals surface area contributed by atoms with Crippen LogP contribution < -0.4 is 5.73 Å². The van der Waals surface area contributed by atoms with E-state index in [1.165, 1.54) is 26.1 Å². The number of aliphatic hydroxyl groups is 1. The number of halogens is 1. The summed E-state index contributed by atoms with van der Waals surface area (Å²) < 4.78 is 25.5. The van der Waals surface area contributed by atoms with Crippen molar-refractivity contribution >= 4 is 27.3 Å². The molecule has 0 spiro atoms. The number of nitrogen functional groups attached to an aromatic ring is 1. The molecule has 102 valence electrons. The molecule has 5 nitrogen and oxygen atoms in total. The van der Waals surface area contributed by atoms with Gasteiger partial charge >= 0.3 is 0 Å². The third-order valence-corrected chi connectivity index (χ3v) is 4.80. The van der Waals surface area contributed by atoms with E-state index >= 15 is 0 Å². The summed E-state index contributed by atoms with van der Waals surface area (Å²) >= 11 is 5.89. The Kier molecular flexibility index (Phi) is 4.61. The number of nitrogens with two attached hydrogens (primary N) is 1. The smallest absolute Gasteiger partial charge is 0.242 e. The van der Waals surface area contributed by atoms with Gasteiger partial charge in [-0.1, -0.05) is 11.6 Å². The Morgan fingerprint density at radius 1 is 1.50 bits per heavy atom. The normalized spacial score (nSPS) is 13.9. The molecule has 0 radical (unpaired) electrons. The van der Waals surface area contributed by atoms with Crippen molar-refractivity contribution in [2.24, 2.45) is 0 Å². The fourth-order valence-electron chi connectivity index (χ4n) is 1.56. The summed E-state index contributed by atoms with van der Waals surface area (Å²) in [6, 6.07) is 2.79. The molecular weight excluding hydrogens is 276 g/mol. The van der Waals surface area contributed by atoms with Crippen LogP contribution in [0.5, 0.6) is 0 Å². The molecule has 0 bridgehead atoms. The van der Waals surface area contributed by atoms with Crippen molar-refractivity contribution in [1.82, 2.24) is 4.31 Å². The van der Waals surface area contributed by atoms with Gasteiger partial charge in [-0.2, -0.15) is 4.31 Å². The lowest BCUT2D eigenvalue weighted by atomic mass is 10.2. The average Bonchev–Trinajstić information content (AvgIpc) is 2.24. The van der Waals surface area contributed by atoms with Crippen LogP contribution in [-0.2, 0) is 10.0 Å². The number of hydrogen-bond donors (Lipinski definition) is 2. The van der Waals surface area contributed by atoms with Gasteiger partial charge in [-0.25, -0.2) is 8.42 Å². The number of likely N-dealkylation sites (N-methyl/N-ethyl adjacent to an activating group) is 1. The lowest BCUT2D eigenvalue weighted by Crippen LogP contribution is -2.33. The molecule has 1 atom stereocenters. The van der Waals surface area contributed by atoms with Crippen LogP contribution in [0.3, 0.4) is 0 Å². The van der Waals surface area contributed by atoms with E-state index in [2.05, 4.69) is 0 Å². The molecule has 1 aromatic carbocycles. The highest BCUT2D eigenvalue weighted by Gasteiger charge is 2.23. The number of rotatable bonds is 4. The second-order valence-corrected chi connectivity index (χ2v) is 6.70. The summed E-state index contributed by atoms with van der Waals surface area (Å²) in [4.78, 5) is 0.0741. The van der Waals surface area contributed by atoms with Gasteiger partial charge in [0.05, 0.1) is 21.7 Å². The largest absolute Gasteiger partial charge is 0.397 e. The van der Waals surface area contributed by atoms with E-state index in [4.69, 9.17) is 17.3 Å². The van der Waals surface area contributed by atoms with Gasteiger partial charge < -0.3 is 10.8 Å². The molecule has 3 N–H and O–H groups in total. The molecule has 0 heterocycles. The van der Waals surface area contributed by atoms with Crippen molar-refractivity contribution in [3.05, 3.63) is 22.7 Å². The average molecular weight is 293 g/mol. The lowest BCUT2D eigenvalue weighted by Gasteiger charge is -2.19. The minimum Gasteiger partial charge on any atom is -0.397 e. The summed E-state index contributed by atoms with van der Waals surface area (Å²) in [5, 5.41) is 9.59. The Balaban J connectivity index is 3.21. The molecule has 1 rings (SSSR count). The molecule has 1 aromatic rings. The van der Waals surface area contributed by atoms with Crippen LogP contribution in [0.4, 0.5) is 5.69 Å². The Morgan fingerprint density at radius 2 is 2.06 bits per heavy atom. The van der Waals surface area contributed by atoms with Gasteiger partial charge in [0.15, 0.2) is 0 Å². The highest BCUT2D eigenvalue weighted by atomic mass is 35.5. The van der Waals surface area contributed by atoms with Gasteiger partial charge in [0.25, 0.3) is 0 Å². The summed E-state index contributed by atoms with van der Waals surface area (Å²) in [5.74, 6) is 0. The first-order chi connectivity index (χ1) is 8.16. The number of sulfonamides is 1. The zero-order chi connectivity index (χ0) is 14.1. The van der Waals surface area contributed by atoms with E-state index < -0.39 is 16.1 Å². The SMILES string of the molecule is Cc1cc(S(=O)(=O)N(C)CC(C)O)cc(N)c1Cl. The van der Waals surface area contributed by atoms with E-state index in [0.29, 0.717) is 10.6 Å².